The second-order valence-corrected chi connectivity index (χ2v) is 5.46. The third kappa shape index (κ3) is 1.37. The second kappa shape index (κ2) is 3.83. The van der Waals surface area contributed by atoms with Crippen LogP contribution in [0.1, 0.15) is 23.0 Å². The summed E-state index contributed by atoms with van der Waals surface area (Å²) in [6, 6.07) is 8.92. The molecule has 4 rings (SSSR count). The first-order chi connectivity index (χ1) is 8.86. The highest BCUT2D eigenvalue weighted by molar-refractivity contribution is 7.92. The van der Waals surface area contributed by atoms with Gasteiger partial charge in [0, 0.05) is 18.2 Å². The summed E-state index contributed by atoms with van der Waals surface area (Å²) >= 11 is 1.61. The van der Waals surface area contributed by atoms with Gasteiger partial charge in [0.25, 0.3) is 12.2 Å². The Hall–Kier alpha value is -1.33. The van der Waals surface area contributed by atoms with Crippen LogP contribution in [0.3, 0.4) is 0 Å². The van der Waals surface area contributed by atoms with E-state index < -0.39 is 0 Å². The molecule has 92 valence electrons. The lowest BCUT2D eigenvalue weighted by atomic mass is 10.1. The molecule has 1 aromatic carbocycles. The van der Waals surface area contributed by atoms with Gasteiger partial charge in [-0.1, -0.05) is 28.4 Å². The fourth-order valence-electron chi connectivity index (χ4n) is 2.99. The normalized spacial score (nSPS) is 24.5. The van der Waals surface area contributed by atoms with Crippen LogP contribution in [0.2, 0.25) is 0 Å². The van der Waals surface area contributed by atoms with Gasteiger partial charge < -0.3 is 4.74 Å². The quantitative estimate of drug-likeness (QED) is 0.725. The average Bonchev–Trinajstić information content (AvgIpc) is 2.98. The van der Waals surface area contributed by atoms with E-state index in [0.29, 0.717) is 12.6 Å². The zero-order valence-electron chi connectivity index (χ0n) is 10.1. The van der Waals surface area contributed by atoms with E-state index in [1.54, 1.807) is 11.9 Å². The highest BCUT2D eigenvalue weighted by Crippen LogP contribution is 2.39. The van der Waals surface area contributed by atoms with Crippen LogP contribution in [0, 0.1) is 0 Å². The zero-order chi connectivity index (χ0) is 12.1. The first-order valence-electron chi connectivity index (χ1n) is 6.10. The molecule has 0 N–H and O–H groups in total. The van der Waals surface area contributed by atoms with Crippen LogP contribution in [0.15, 0.2) is 30.6 Å². The molecule has 1 aliphatic heterocycles. The van der Waals surface area contributed by atoms with E-state index in [9.17, 15) is 0 Å². The van der Waals surface area contributed by atoms with Gasteiger partial charge in [-0.25, -0.2) is 4.57 Å². The van der Waals surface area contributed by atoms with Crippen molar-refractivity contribution in [2.24, 2.45) is 0 Å². The Labute approximate surface area is 110 Å². The standard InChI is InChI=1S/C13H14N3OS/c1-18-16-8-15-12(14-16)7-17-11-6-9-4-2-3-5-10(9)13(11)15/h2-5,8,11,13H,6-7H2,1H3/q+1/t11-,13+/m1/s1. The maximum atomic E-state index is 5.96. The van der Waals surface area contributed by atoms with Crippen molar-refractivity contribution in [3.63, 3.8) is 0 Å². The fourth-order valence-corrected chi connectivity index (χ4v) is 3.36. The maximum Gasteiger partial charge on any atom is 0.279 e. The maximum absolute atomic E-state index is 5.96. The van der Waals surface area contributed by atoms with Crippen molar-refractivity contribution >= 4 is 11.9 Å². The molecular formula is C13H14N3OS+. The minimum atomic E-state index is 0.263. The fraction of sp³-hybridized carbons (Fsp3) is 0.385. The van der Waals surface area contributed by atoms with E-state index >= 15 is 0 Å². The molecule has 0 saturated carbocycles. The van der Waals surface area contributed by atoms with Crippen molar-refractivity contribution < 1.29 is 8.82 Å². The van der Waals surface area contributed by atoms with E-state index in [1.807, 2.05) is 10.3 Å². The summed E-state index contributed by atoms with van der Waals surface area (Å²) in [5.74, 6) is 1.02. The van der Waals surface area contributed by atoms with E-state index in [-0.39, 0.29) is 6.10 Å². The van der Waals surface area contributed by atoms with Crippen LogP contribution < -0.4 is 4.09 Å². The summed E-state index contributed by atoms with van der Waals surface area (Å²) < 4.78 is 10.1. The predicted molar refractivity (Wildman–Crippen MR) is 68.2 cm³/mol. The van der Waals surface area contributed by atoms with Crippen LogP contribution in [0.4, 0.5) is 0 Å². The Balaban J connectivity index is 1.87. The van der Waals surface area contributed by atoms with E-state index in [4.69, 9.17) is 4.74 Å². The summed E-state index contributed by atoms with van der Waals surface area (Å²) in [5.41, 5.74) is 2.79. The summed E-state index contributed by atoms with van der Waals surface area (Å²) in [5, 5.41) is 4.52. The van der Waals surface area contributed by atoms with Crippen LogP contribution in [-0.4, -0.2) is 22.0 Å². The molecular weight excluding hydrogens is 246 g/mol. The van der Waals surface area contributed by atoms with Crippen molar-refractivity contribution in [1.82, 2.24) is 9.67 Å². The second-order valence-electron chi connectivity index (χ2n) is 4.72. The van der Waals surface area contributed by atoms with Gasteiger partial charge in [-0.15, -0.1) is 0 Å². The minimum absolute atomic E-state index is 0.263. The minimum Gasteiger partial charge on any atom is -0.363 e. The third-order valence-electron chi connectivity index (χ3n) is 3.80. The molecule has 4 nitrogen and oxygen atoms in total. The first kappa shape index (κ1) is 10.6. The summed E-state index contributed by atoms with van der Waals surface area (Å²) in [4.78, 5) is 0. The molecule has 18 heavy (non-hydrogen) atoms. The van der Waals surface area contributed by atoms with Gasteiger partial charge in [0.2, 0.25) is 0 Å². The zero-order valence-corrected chi connectivity index (χ0v) is 10.9. The largest absolute Gasteiger partial charge is 0.363 e. The van der Waals surface area contributed by atoms with Crippen LogP contribution in [0.5, 0.6) is 0 Å². The molecule has 2 atom stereocenters. The van der Waals surface area contributed by atoms with E-state index in [0.717, 1.165) is 12.2 Å². The Morgan fingerprint density at radius 3 is 3.22 bits per heavy atom. The SMILES string of the molecule is CS[n+]1cn2c(n1)CO[C@@H]1Cc3ccccc3[C@@H]12. The van der Waals surface area contributed by atoms with E-state index in [1.165, 1.54) is 11.1 Å². The van der Waals surface area contributed by atoms with Gasteiger partial charge in [-0.05, 0) is 10.7 Å². The molecule has 0 radical (unpaired) electrons. The van der Waals surface area contributed by atoms with Crippen LogP contribution >= 0.6 is 11.9 Å². The summed E-state index contributed by atoms with van der Waals surface area (Å²) in [6.07, 6.45) is 5.39. The Bertz CT molecular complexity index is 610. The first-order valence-corrected chi connectivity index (χ1v) is 7.28. The number of nitrogens with zero attached hydrogens (tertiary/aromatic N) is 3. The Morgan fingerprint density at radius 2 is 2.33 bits per heavy atom. The van der Waals surface area contributed by atoms with Crippen LogP contribution in [-0.2, 0) is 17.8 Å². The molecule has 5 heteroatoms. The van der Waals surface area contributed by atoms with Crippen molar-refractivity contribution in [3.05, 3.63) is 47.5 Å². The Morgan fingerprint density at radius 1 is 1.44 bits per heavy atom. The smallest absolute Gasteiger partial charge is 0.279 e. The van der Waals surface area contributed by atoms with Crippen LogP contribution in [0.25, 0.3) is 0 Å². The molecule has 1 aliphatic carbocycles. The number of rotatable bonds is 1. The average molecular weight is 260 g/mol. The predicted octanol–water partition coefficient (Wildman–Crippen LogP) is 1.34. The highest BCUT2D eigenvalue weighted by Gasteiger charge is 2.43. The van der Waals surface area contributed by atoms with Crippen molar-refractivity contribution in [3.8, 4) is 0 Å². The number of aromatic nitrogens is 3. The molecule has 2 aromatic rings. The number of hydrogen-bond acceptors (Lipinski definition) is 3. The molecule has 1 aromatic heterocycles. The molecule has 0 saturated heterocycles. The molecule has 0 unspecified atom stereocenters. The lowest BCUT2D eigenvalue weighted by Crippen LogP contribution is -2.30. The molecule has 2 heterocycles. The number of ether oxygens (including phenoxy) is 1. The van der Waals surface area contributed by atoms with Gasteiger partial charge >= 0.3 is 0 Å². The van der Waals surface area contributed by atoms with Gasteiger partial charge in [-0.2, -0.15) is 0 Å². The van der Waals surface area contributed by atoms with Crippen molar-refractivity contribution in [2.75, 3.05) is 6.26 Å². The molecule has 0 amide bonds. The lowest BCUT2D eigenvalue weighted by molar-refractivity contribution is -0.562. The molecule has 0 spiro atoms. The van der Waals surface area contributed by atoms with Gasteiger partial charge in [-0.3, -0.25) is 0 Å². The van der Waals surface area contributed by atoms with Gasteiger partial charge in [0.05, 0.1) is 11.9 Å². The molecule has 0 fully saturated rings. The number of fused-ring (bicyclic) bond motifs is 5. The van der Waals surface area contributed by atoms with Crippen molar-refractivity contribution in [2.45, 2.75) is 25.2 Å². The van der Waals surface area contributed by atoms with Crippen molar-refractivity contribution in [1.29, 1.82) is 0 Å². The summed E-state index contributed by atoms with van der Waals surface area (Å²) in [6.45, 7) is 0.614. The molecule has 2 aliphatic rings. The lowest BCUT2D eigenvalue weighted by Gasteiger charge is -2.22. The van der Waals surface area contributed by atoms with Gasteiger partial charge in [0.15, 0.2) is 6.04 Å². The number of hydrogen-bond donors (Lipinski definition) is 0. The monoisotopic (exact) mass is 260 g/mol. The number of benzene rings is 1. The topological polar surface area (TPSA) is 30.9 Å². The van der Waals surface area contributed by atoms with E-state index in [2.05, 4.69) is 40.3 Å². The Kier molecular flexibility index (Phi) is 2.25. The summed E-state index contributed by atoms with van der Waals surface area (Å²) in [7, 11) is 0. The molecule has 0 bridgehead atoms. The highest BCUT2D eigenvalue weighted by atomic mass is 32.2. The van der Waals surface area contributed by atoms with Gasteiger partial charge in [0.1, 0.15) is 12.7 Å². The third-order valence-corrected chi connectivity index (χ3v) is 4.35.